The molecule has 0 amide bonds. The largest absolute Gasteiger partial charge is 0.468 e. The highest BCUT2D eigenvalue weighted by Gasteiger charge is 2.29. The van der Waals surface area contributed by atoms with Crippen LogP contribution in [0.4, 0.5) is 0 Å². The lowest BCUT2D eigenvalue weighted by Crippen LogP contribution is -2.41. The van der Waals surface area contributed by atoms with Gasteiger partial charge >= 0.3 is 5.97 Å². The molecule has 0 aliphatic heterocycles. The number of methoxy groups -OCH3 is 1. The Bertz CT molecular complexity index is 136. The van der Waals surface area contributed by atoms with Crippen molar-refractivity contribution in [3.63, 3.8) is 0 Å². The van der Waals surface area contributed by atoms with Gasteiger partial charge in [-0.3, -0.25) is 4.79 Å². The molecule has 1 fully saturated rings. The van der Waals surface area contributed by atoms with Crippen LogP contribution in [0, 0.1) is 5.92 Å². The molecule has 1 rings (SSSR count). The molecule has 1 unspecified atom stereocenters. The first-order valence-corrected chi connectivity index (χ1v) is 3.59. The summed E-state index contributed by atoms with van der Waals surface area (Å²) in [4.78, 5) is 10.8. The highest BCUT2D eigenvalue weighted by atomic mass is 35.5. The fourth-order valence-corrected chi connectivity index (χ4v) is 1.13. The number of hydrogen-bond donors (Lipinski definition) is 1. The molecule has 66 valence electrons. The van der Waals surface area contributed by atoms with Crippen LogP contribution in [0.15, 0.2) is 0 Å². The molecule has 0 bridgehead atoms. The van der Waals surface area contributed by atoms with Gasteiger partial charge in [0.1, 0.15) is 6.04 Å². The minimum absolute atomic E-state index is 0. The molecule has 0 spiro atoms. The number of rotatable bonds is 2. The molecule has 4 heteroatoms. The van der Waals surface area contributed by atoms with Gasteiger partial charge in [0, 0.05) is 0 Å². The molecular weight excluding hydrogens is 166 g/mol. The van der Waals surface area contributed by atoms with Gasteiger partial charge in [0.2, 0.25) is 0 Å². The standard InChI is InChI=1S/C7H13NO2.ClH/c1-10-7(9)6(8)5-3-2-4-5;/h5-6H,2-4,8H2,1H3;1H. The summed E-state index contributed by atoms with van der Waals surface area (Å²) in [6, 6.07) is -0.376. The second kappa shape index (κ2) is 4.57. The van der Waals surface area contributed by atoms with Gasteiger partial charge in [-0.25, -0.2) is 0 Å². The summed E-state index contributed by atoms with van der Waals surface area (Å²) in [6.07, 6.45) is 3.36. The maximum absolute atomic E-state index is 10.8. The van der Waals surface area contributed by atoms with E-state index in [0.717, 1.165) is 12.8 Å². The second-order valence-corrected chi connectivity index (χ2v) is 2.74. The Morgan fingerprint density at radius 2 is 2.18 bits per heavy atom. The van der Waals surface area contributed by atoms with Crippen LogP contribution in [0.5, 0.6) is 0 Å². The normalized spacial score (nSPS) is 19.5. The molecule has 0 saturated heterocycles. The molecule has 1 atom stereocenters. The predicted octanol–water partition coefficient (Wildman–Crippen LogP) is 0.709. The van der Waals surface area contributed by atoms with Crippen molar-refractivity contribution < 1.29 is 9.53 Å². The van der Waals surface area contributed by atoms with Crippen LogP contribution in [0.2, 0.25) is 0 Å². The summed E-state index contributed by atoms with van der Waals surface area (Å²) < 4.78 is 4.50. The second-order valence-electron chi connectivity index (χ2n) is 2.74. The number of carbonyl (C=O) groups excluding carboxylic acids is 1. The van der Waals surface area contributed by atoms with Crippen LogP contribution in [0.25, 0.3) is 0 Å². The van der Waals surface area contributed by atoms with Crippen LogP contribution in [-0.2, 0) is 9.53 Å². The number of ether oxygens (including phenoxy) is 1. The van der Waals surface area contributed by atoms with E-state index < -0.39 is 0 Å². The number of carbonyl (C=O) groups is 1. The van der Waals surface area contributed by atoms with Crippen LogP contribution in [-0.4, -0.2) is 19.1 Å². The van der Waals surface area contributed by atoms with Gasteiger partial charge < -0.3 is 10.5 Å². The Labute approximate surface area is 72.7 Å². The summed E-state index contributed by atoms with van der Waals surface area (Å²) in [5.41, 5.74) is 5.56. The van der Waals surface area contributed by atoms with Gasteiger partial charge in [-0.15, -0.1) is 12.4 Å². The summed E-state index contributed by atoms with van der Waals surface area (Å²) in [6.45, 7) is 0. The maximum Gasteiger partial charge on any atom is 0.322 e. The molecule has 3 nitrogen and oxygen atoms in total. The van der Waals surface area contributed by atoms with Crippen molar-refractivity contribution in [1.29, 1.82) is 0 Å². The number of hydrogen-bond acceptors (Lipinski definition) is 3. The molecule has 11 heavy (non-hydrogen) atoms. The summed E-state index contributed by atoms with van der Waals surface area (Å²) >= 11 is 0. The zero-order valence-electron chi connectivity index (χ0n) is 6.58. The molecule has 0 aromatic heterocycles. The first kappa shape index (κ1) is 10.7. The van der Waals surface area contributed by atoms with Crippen LogP contribution >= 0.6 is 12.4 Å². The Balaban J connectivity index is 0.000001000. The van der Waals surface area contributed by atoms with E-state index in [0.29, 0.717) is 5.92 Å². The van der Waals surface area contributed by atoms with E-state index >= 15 is 0 Å². The number of nitrogens with two attached hydrogens (primary N) is 1. The highest BCUT2D eigenvalue weighted by Crippen LogP contribution is 2.28. The number of esters is 1. The van der Waals surface area contributed by atoms with Gasteiger partial charge in [0.15, 0.2) is 0 Å². The van der Waals surface area contributed by atoms with E-state index in [2.05, 4.69) is 4.74 Å². The SMILES string of the molecule is COC(=O)C(N)C1CCC1.Cl. The molecular formula is C7H14ClNO2. The molecule has 1 saturated carbocycles. The third-order valence-electron chi connectivity index (χ3n) is 2.13. The Morgan fingerprint density at radius 3 is 2.45 bits per heavy atom. The summed E-state index contributed by atoms with van der Waals surface area (Å²) in [7, 11) is 1.38. The summed E-state index contributed by atoms with van der Waals surface area (Å²) in [5.74, 6) is 0.108. The van der Waals surface area contributed by atoms with E-state index in [4.69, 9.17) is 5.73 Å². The lowest BCUT2D eigenvalue weighted by Gasteiger charge is -2.29. The zero-order chi connectivity index (χ0) is 7.56. The monoisotopic (exact) mass is 179 g/mol. The van der Waals surface area contributed by atoms with Gasteiger partial charge in [-0.2, -0.15) is 0 Å². The lowest BCUT2D eigenvalue weighted by atomic mass is 9.80. The Hall–Kier alpha value is -0.280. The Morgan fingerprint density at radius 1 is 1.64 bits per heavy atom. The van der Waals surface area contributed by atoms with Crippen molar-refractivity contribution in [3.05, 3.63) is 0 Å². The van der Waals surface area contributed by atoms with Crippen LogP contribution in [0.3, 0.4) is 0 Å². The Kier molecular flexibility index (Phi) is 4.45. The van der Waals surface area contributed by atoms with Gasteiger partial charge in [-0.05, 0) is 18.8 Å². The summed E-state index contributed by atoms with van der Waals surface area (Å²) in [5, 5.41) is 0. The van der Waals surface area contributed by atoms with E-state index in [-0.39, 0.29) is 24.4 Å². The fraction of sp³-hybridized carbons (Fsp3) is 0.857. The molecule has 2 N–H and O–H groups in total. The molecule has 1 aliphatic rings. The fourth-order valence-electron chi connectivity index (χ4n) is 1.13. The predicted molar refractivity (Wildman–Crippen MR) is 44.6 cm³/mol. The highest BCUT2D eigenvalue weighted by molar-refractivity contribution is 5.85. The molecule has 0 aromatic rings. The van der Waals surface area contributed by atoms with E-state index in [1.54, 1.807) is 0 Å². The van der Waals surface area contributed by atoms with E-state index in [1.807, 2.05) is 0 Å². The van der Waals surface area contributed by atoms with Crippen molar-refractivity contribution in [2.45, 2.75) is 25.3 Å². The van der Waals surface area contributed by atoms with Crippen molar-refractivity contribution in [2.24, 2.45) is 11.7 Å². The molecule has 0 radical (unpaired) electrons. The van der Waals surface area contributed by atoms with Crippen molar-refractivity contribution in [3.8, 4) is 0 Å². The van der Waals surface area contributed by atoms with Crippen LogP contribution in [0.1, 0.15) is 19.3 Å². The topological polar surface area (TPSA) is 52.3 Å². The van der Waals surface area contributed by atoms with Crippen molar-refractivity contribution in [1.82, 2.24) is 0 Å². The lowest BCUT2D eigenvalue weighted by molar-refractivity contribution is -0.144. The molecule has 0 aromatic carbocycles. The average molecular weight is 180 g/mol. The van der Waals surface area contributed by atoms with E-state index in [9.17, 15) is 4.79 Å². The third kappa shape index (κ3) is 2.34. The smallest absolute Gasteiger partial charge is 0.322 e. The van der Waals surface area contributed by atoms with E-state index in [1.165, 1.54) is 13.5 Å². The zero-order valence-corrected chi connectivity index (χ0v) is 7.39. The van der Waals surface area contributed by atoms with Gasteiger partial charge in [0.25, 0.3) is 0 Å². The quantitative estimate of drug-likeness (QED) is 0.636. The average Bonchev–Trinajstić information content (AvgIpc) is 1.82. The molecule has 1 aliphatic carbocycles. The first-order chi connectivity index (χ1) is 4.75. The third-order valence-corrected chi connectivity index (χ3v) is 2.13. The minimum Gasteiger partial charge on any atom is -0.468 e. The minimum atomic E-state index is -0.376. The van der Waals surface area contributed by atoms with Crippen molar-refractivity contribution in [2.75, 3.05) is 7.11 Å². The molecule has 0 heterocycles. The maximum atomic E-state index is 10.8. The van der Waals surface area contributed by atoms with Gasteiger partial charge in [-0.1, -0.05) is 6.42 Å². The van der Waals surface area contributed by atoms with Crippen molar-refractivity contribution >= 4 is 18.4 Å². The number of halogens is 1. The first-order valence-electron chi connectivity index (χ1n) is 3.59. The van der Waals surface area contributed by atoms with Gasteiger partial charge in [0.05, 0.1) is 7.11 Å². The van der Waals surface area contributed by atoms with Crippen LogP contribution < -0.4 is 5.73 Å².